The van der Waals surface area contributed by atoms with Crippen LogP contribution in [0.1, 0.15) is 32.1 Å². The molecule has 2 heterocycles. The molecule has 2 fully saturated rings. The summed E-state index contributed by atoms with van der Waals surface area (Å²) in [7, 11) is 0. The molecule has 1 aromatic carbocycles. The highest BCUT2D eigenvalue weighted by atomic mass is 19.1. The zero-order valence-electron chi connectivity index (χ0n) is 14.4. The highest BCUT2D eigenvalue weighted by Crippen LogP contribution is 2.21. The van der Waals surface area contributed by atoms with Gasteiger partial charge in [0.1, 0.15) is 24.3 Å². The van der Waals surface area contributed by atoms with Crippen LogP contribution in [0.3, 0.4) is 0 Å². The maximum atomic E-state index is 12.8. The molecule has 2 saturated heterocycles. The number of benzene rings is 1. The number of rotatable bonds is 6. The quantitative estimate of drug-likeness (QED) is 0.866. The summed E-state index contributed by atoms with van der Waals surface area (Å²) in [5.74, 6) is 0.318. The molecular weight excluding hydrogens is 307 g/mol. The van der Waals surface area contributed by atoms with E-state index < -0.39 is 6.10 Å². The summed E-state index contributed by atoms with van der Waals surface area (Å²) in [5.41, 5.74) is 0. The first-order valence-corrected chi connectivity index (χ1v) is 9.23. The molecule has 0 spiro atoms. The Bertz CT molecular complexity index is 483. The first-order valence-electron chi connectivity index (χ1n) is 9.23. The van der Waals surface area contributed by atoms with E-state index in [9.17, 15) is 9.50 Å². The summed E-state index contributed by atoms with van der Waals surface area (Å²) in [6, 6.07) is 6.65. The summed E-state index contributed by atoms with van der Waals surface area (Å²) in [6.07, 6.45) is 5.97. The second-order valence-electron chi connectivity index (χ2n) is 7.05. The average Bonchev–Trinajstić information content (AvgIpc) is 2.63. The highest BCUT2D eigenvalue weighted by Gasteiger charge is 2.26. The molecule has 1 aromatic rings. The van der Waals surface area contributed by atoms with E-state index in [4.69, 9.17) is 4.74 Å². The molecule has 0 amide bonds. The van der Waals surface area contributed by atoms with Crippen molar-refractivity contribution in [1.82, 2.24) is 9.80 Å². The number of ether oxygens (including phenoxy) is 1. The van der Waals surface area contributed by atoms with Gasteiger partial charge in [0.2, 0.25) is 0 Å². The van der Waals surface area contributed by atoms with E-state index in [1.54, 1.807) is 12.1 Å². The van der Waals surface area contributed by atoms with Crippen molar-refractivity contribution in [3.63, 3.8) is 0 Å². The fourth-order valence-corrected chi connectivity index (χ4v) is 3.82. The first kappa shape index (κ1) is 17.6. The Balaban J connectivity index is 1.35. The van der Waals surface area contributed by atoms with Gasteiger partial charge in [-0.1, -0.05) is 6.42 Å². The van der Waals surface area contributed by atoms with E-state index in [0.717, 1.165) is 19.1 Å². The number of halogens is 1. The molecular formula is C19H29FN2O2. The van der Waals surface area contributed by atoms with Gasteiger partial charge >= 0.3 is 0 Å². The van der Waals surface area contributed by atoms with Gasteiger partial charge in [-0.2, -0.15) is 0 Å². The van der Waals surface area contributed by atoms with Crippen LogP contribution >= 0.6 is 0 Å². The van der Waals surface area contributed by atoms with E-state index in [1.165, 1.54) is 57.3 Å². The van der Waals surface area contributed by atoms with Gasteiger partial charge in [0, 0.05) is 12.6 Å². The predicted octanol–water partition coefficient (Wildman–Crippen LogP) is 2.52. The Morgan fingerprint density at radius 3 is 2.38 bits per heavy atom. The SMILES string of the molecule is OC(COc1ccc(F)cc1)CN1CCC(N2CCCCC2)CC1. The van der Waals surface area contributed by atoms with E-state index in [2.05, 4.69) is 9.80 Å². The number of aliphatic hydroxyl groups is 1. The van der Waals surface area contributed by atoms with Crippen LogP contribution in [0, 0.1) is 5.82 Å². The minimum Gasteiger partial charge on any atom is -0.491 e. The zero-order valence-corrected chi connectivity index (χ0v) is 14.4. The Morgan fingerprint density at radius 1 is 1.04 bits per heavy atom. The van der Waals surface area contributed by atoms with Crippen molar-refractivity contribution in [2.24, 2.45) is 0 Å². The molecule has 0 radical (unpaired) electrons. The third kappa shape index (κ3) is 5.16. The molecule has 0 saturated carbocycles. The van der Waals surface area contributed by atoms with Crippen LogP contribution in [0.5, 0.6) is 5.75 Å². The Hall–Kier alpha value is -1.17. The monoisotopic (exact) mass is 336 g/mol. The van der Waals surface area contributed by atoms with Crippen molar-refractivity contribution >= 4 is 0 Å². The molecule has 2 aliphatic rings. The van der Waals surface area contributed by atoms with E-state index >= 15 is 0 Å². The molecule has 0 bridgehead atoms. The van der Waals surface area contributed by atoms with E-state index in [-0.39, 0.29) is 12.4 Å². The van der Waals surface area contributed by atoms with Crippen molar-refractivity contribution in [3.05, 3.63) is 30.1 Å². The summed E-state index contributed by atoms with van der Waals surface area (Å²) < 4.78 is 18.4. The molecule has 3 rings (SSSR count). The van der Waals surface area contributed by atoms with Crippen LogP contribution in [0.25, 0.3) is 0 Å². The van der Waals surface area contributed by atoms with Crippen LogP contribution in [-0.4, -0.2) is 66.4 Å². The fraction of sp³-hybridized carbons (Fsp3) is 0.684. The molecule has 1 atom stereocenters. The standard InChI is InChI=1S/C19H29FN2O2/c20-16-4-6-19(7-5-16)24-15-18(23)14-21-12-8-17(9-13-21)22-10-2-1-3-11-22/h4-7,17-18,23H,1-3,8-15H2. The molecule has 2 aliphatic heterocycles. The third-order valence-electron chi connectivity index (χ3n) is 5.19. The smallest absolute Gasteiger partial charge is 0.123 e. The molecule has 5 heteroatoms. The topological polar surface area (TPSA) is 35.9 Å². The number of nitrogens with zero attached hydrogens (tertiary/aromatic N) is 2. The van der Waals surface area contributed by atoms with Crippen molar-refractivity contribution < 1.29 is 14.2 Å². The summed E-state index contributed by atoms with van der Waals surface area (Å²) in [4.78, 5) is 4.99. The lowest BCUT2D eigenvalue weighted by Gasteiger charge is -2.40. The van der Waals surface area contributed by atoms with Crippen molar-refractivity contribution in [3.8, 4) is 5.75 Å². The minimum atomic E-state index is -0.512. The maximum Gasteiger partial charge on any atom is 0.123 e. The molecule has 1 unspecified atom stereocenters. The van der Waals surface area contributed by atoms with Crippen molar-refractivity contribution in [2.45, 2.75) is 44.2 Å². The molecule has 24 heavy (non-hydrogen) atoms. The number of β-amino-alcohol motifs (C(OH)–C–C–N with tert-alkyl or cyclic N) is 1. The summed E-state index contributed by atoms with van der Waals surface area (Å²) in [6.45, 7) is 5.52. The summed E-state index contributed by atoms with van der Waals surface area (Å²) >= 11 is 0. The van der Waals surface area contributed by atoms with Crippen LogP contribution < -0.4 is 4.74 Å². The molecule has 134 valence electrons. The number of likely N-dealkylation sites (tertiary alicyclic amines) is 2. The molecule has 4 nitrogen and oxygen atoms in total. The van der Waals surface area contributed by atoms with Crippen LogP contribution in [-0.2, 0) is 0 Å². The normalized spacial score (nSPS) is 22.4. The Morgan fingerprint density at radius 2 is 1.71 bits per heavy atom. The van der Waals surface area contributed by atoms with Crippen LogP contribution in [0.15, 0.2) is 24.3 Å². The lowest BCUT2D eigenvalue weighted by Crippen LogP contribution is -2.48. The van der Waals surface area contributed by atoms with Crippen molar-refractivity contribution in [2.75, 3.05) is 39.3 Å². The Labute approximate surface area is 144 Å². The molecule has 0 aliphatic carbocycles. The minimum absolute atomic E-state index is 0.248. The van der Waals surface area contributed by atoms with E-state index in [1.807, 2.05) is 0 Å². The van der Waals surface area contributed by atoms with Gasteiger partial charge < -0.3 is 19.6 Å². The van der Waals surface area contributed by atoms with E-state index in [0.29, 0.717) is 12.3 Å². The fourth-order valence-electron chi connectivity index (χ4n) is 3.82. The number of hydrogen-bond donors (Lipinski definition) is 1. The number of piperidine rings is 2. The number of aliphatic hydroxyl groups excluding tert-OH is 1. The molecule has 0 aromatic heterocycles. The second-order valence-corrected chi connectivity index (χ2v) is 7.05. The second kappa shape index (κ2) is 8.79. The van der Waals surface area contributed by atoms with Gasteiger partial charge in [0.05, 0.1) is 0 Å². The van der Waals surface area contributed by atoms with Crippen LogP contribution in [0.2, 0.25) is 0 Å². The van der Waals surface area contributed by atoms with Crippen molar-refractivity contribution in [1.29, 1.82) is 0 Å². The van der Waals surface area contributed by atoms with Gasteiger partial charge in [0.15, 0.2) is 0 Å². The average molecular weight is 336 g/mol. The zero-order chi connectivity index (χ0) is 16.8. The predicted molar refractivity (Wildman–Crippen MR) is 92.8 cm³/mol. The molecule has 1 N–H and O–H groups in total. The third-order valence-corrected chi connectivity index (χ3v) is 5.19. The summed E-state index contributed by atoms with van der Waals surface area (Å²) in [5, 5.41) is 10.2. The van der Waals surface area contributed by atoms with Gasteiger partial charge in [-0.3, -0.25) is 0 Å². The Kier molecular flexibility index (Phi) is 6.46. The van der Waals surface area contributed by atoms with Crippen LogP contribution in [0.4, 0.5) is 4.39 Å². The highest BCUT2D eigenvalue weighted by molar-refractivity contribution is 5.22. The van der Waals surface area contributed by atoms with Gasteiger partial charge in [-0.25, -0.2) is 4.39 Å². The number of hydrogen-bond acceptors (Lipinski definition) is 4. The van der Waals surface area contributed by atoms with Gasteiger partial charge in [0.25, 0.3) is 0 Å². The maximum absolute atomic E-state index is 12.8. The van der Waals surface area contributed by atoms with Gasteiger partial charge in [-0.15, -0.1) is 0 Å². The lowest BCUT2D eigenvalue weighted by molar-refractivity contribution is 0.0406. The van der Waals surface area contributed by atoms with Gasteiger partial charge in [-0.05, 0) is 76.1 Å². The largest absolute Gasteiger partial charge is 0.491 e. The first-order chi connectivity index (χ1) is 11.7. The lowest BCUT2D eigenvalue weighted by atomic mass is 10.00.